The van der Waals surface area contributed by atoms with Gasteiger partial charge in [0.15, 0.2) is 31.5 Å². The summed E-state index contributed by atoms with van der Waals surface area (Å²) in [6.45, 7) is 0.371. The molecule has 2 amide bonds. The average molecular weight is 1530 g/mol. The van der Waals surface area contributed by atoms with Gasteiger partial charge >= 0.3 is 0 Å². The van der Waals surface area contributed by atoms with Crippen molar-refractivity contribution in [3.05, 3.63) is 12.2 Å². The predicted molar refractivity (Wildman–Crippen MR) is 386 cm³/mol. The van der Waals surface area contributed by atoms with Crippen molar-refractivity contribution in [3.63, 3.8) is 0 Å². The van der Waals surface area contributed by atoms with Crippen molar-refractivity contribution in [1.29, 1.82) is 0 Å². The van der Waals surface area contributed by atoms with E-state index >= 15 is 0 Å². The van der Waals surface area contributed by atoms with Gasteiger partial charge in [0, 0.05) is 13.3 Å². The molecule has 0 bridgehead atoms. The molecule has 27 atom stereocenters. The number of carbonyl (C=O) groups excluding carboxylic acids is 2. The van der Waals surface area contributed by atoms with Crippen LogP contribution in [0.2, 0.25) is 0 Å². The topological polar surface area (TPSA) is 474 Å². The summed E-state index contributed by atoms with van der Waals surface area (Å²) in [5.74, 6) is -1.06. The van der Waals surface area contributed by atoms with Gasteiger partial charge in [-0.3, -0.25) is 9.59 Å². The number of rotatable bonds is 56. The lowest BCUT2D eigenvalue weighted by atomic mass is 9.94. The van der Waals surface area contributed by atoms with E-state index in [1.807, 2.05) is 6.08 Å². The first kappa shape index (κ1) is 94.2. The number of amides is 2. The molecule has 0 spiro atoms. The van der Waals surface area contributed by atoms with Crippen LogP contribution in [0.1, 0.15) is 252 Å². The molecule has 5 saturated heterocycles. The fourth-order valence-electron chi connectivity index (χ4n) is 14.6. The number of carbonyl (C=O) groups is 2. The maximum absolute atomic E-state index is 13.5. The van der Waals surface area contributed by atoms with Crippen LogP contribution < -0.4 is 10.6 Å². The maximum Gasteiger partial charge on any atom is 0.220 e. The Hall–Kier alpha value is -2.36. The molecular formula is C76H140N2O28. The van der Waals surface area contributed by atoms with Crippen LogP contribution in [-0.4, -0.2) is 299 Å². The summed E-state index contributed by atoms with van der Waals surface area (Å²) >= 11 is 0. The third-order valence-corrected chi connectivity index (χ3v) is 21.2. The summed E-state index contributed by atoms with van der Waals surface area (Å²) < 4.78 is 58.2. The highest BCUT2D eigenvalue weighted by Crippen LogP contribution is 2.37. The van der Waals surface area contributed by atoms with Gasteiger partial charge in [0.05, 0.1) is 51.8 Å². The molecule has 0 aromatic heterocycles. The van der Waals surface area contributed by atoms with Crippen LogP contribution in [0.15, 0.2) is 12.2 Å². The zero-order chi connectivity index (χ0) is 77.3. The Morgan fingerprint density at radius 3 is 1.06 bits per heavy atom. The first-order chi connectivity index (χ1) is 51.2. The van der Waals surface area contributed by atoms with Gasteiger partial charge in [-0.25, -0.2) is 0 Å². The van der Waals surface area contributed by atoms with E-state index in [0.717, 1.165) is 58.3 Å². The minimum absolute atomic E-state index is 0.192. The van der Waals surface area contributed by atoms with Crippen molar-refractivity contribution in [3.8, 4) is 0 Å². The molecule has 0 aromatic rings. The molecule has 10 unspecified atom stereocenters. The molecule has 5 aliphatic heterocycles. The van der Waals surface area contributed by atoms with E-state index in [0.29, 0.717) is 12.8 Å². The standard InChI is InChI=1S/C76H140N2O28/c1-4-6-8-10-12-14-16-18-19-20-21-22-23-24-25-26-27-29-31-33-35-37-39-41-56(86)78-49(50(85)40-38-36-34-32-30-28-17-15-13-11-9-7-5-2)47-97-73-64(93)63(92)68(55(46-83)102-73)103-74-66(95)70(60(89)53(44-81)99-74)105-76-67(96)71(61(90)54(45-82)101-76)106-75-65(94)69(59(88)52(43-80)100-75)104-72-57(77-48(3)84)62(91)58(87)51(42-79)98-72/h38,40,49-55,57-76,79-83,85,87-96H,4-37,39,41-47H2,1-3H3,(H,77,84)(H,78,86)/b40-38+/t49-,50+,51?,52?,53?,54?,55?,57?,58-,59-,60-,61-,62+,63+,64?,65?,66?,67?,68+,69-,70-,71-,72-,73+,74-,75+,76+/m0/s1. The molecule has 5 heterocycles. The molecule has 30 heteroatoms. The highest BCUT2D eigenvalue weighted by atomic mass is 16.8. The van der Waals surface area contributed by atoms with E-state index in [-0.39, 0.29) is 12.3 Å². The summed E-state index contributed by atoms with van der Waals surface area (Å²) in [5.41, 5.74) is 0. The van der Waals surface area contributed by atoms with Crippen LogP contribution in [0.5, 0.6) is 0 Å². The Bertz CT molecular complexity index is 2290. The van der Waals surface area contributed by atoms with Crippen LogP contribution >= 0.6 is 0 Å². The van der Waals surface area contributed by atoms with Gasteiger partial charge in [-0.15, -0.1) is 0 Å². The Morgan fingerprint density at radius 2 is 0.689 bits per heavy atom. The van der Waals surface area contributed by atoms with Crippen molar-refractivity contribution < 1.29 is 139 Å². The average Bonchev–Trinajstić information content (AvgIpc) is 0.774. The second-order valence-corrected chi connectivity index (χ2v) is 29.9. The van der Waals surface area contributed by atoms with Crippen LogP contribution in [0.25, 0.3) is 0 Å². The molecule has 0 saturated carbocycles. The summed E-state index contributed by atoms with van der Waals surface area (Å²) in [4.78, 5) is 25.7. The fourth-order valence-corrected chi connectivity index (χ4v) is 14.6. The number of hydrogen-bond acceptors (Lipinski definition) is 28. The lowest BCUT2D eigenvalue weighted by Crippen LogP contribution is -2.69. The molecule has 18 N–H and O–H groups in total. The zero-order valence-electron chi connectivity index (χ0n) is 63.5. The SMILES string of the molecule is CCCCCCCCCCCCC/C=C/[C@@H](O)[C@H](CO[C@@H]1OC(CO)[C@@H](O[C@@H]2OC(CO)[C@H](O)[C@H](O[C@H]3OC(CO)[C@H](O)[C@H](O[C@H]4OC(CO)[C@H](O)[C@H](O[C@@H]5OC(CO)[C@H](O)[C@H](O)C5NC(C)=O)C4O)C3O)C2O)[C@H](O)C1O)NC(=O)CCCCCCCCCCCCCCCCCCCCCCCCC. The molecular weight excluding hydrogens is 1390 g/mol. The normalized spacial score (nSPS) is 34.3. The van der Waals surface area contributed by atoms with Crippen molar-refractivity contribution in [2.24, 2.45) is 0 Å². The Morgan fingerprint density at radius 1 is 0.368 bits per heavy atom. The smallest absolute Gasteiger partial charge is 0.220 e. The van der Waals surface area contributed by atoms with Crippen LogP contribution in [0.4, 0.5) is 0 Å². The van der Waals surface area contributed by atoms with Gasteiger partial charge in [0.2, 0.25) is 11.8 Å². The molecule has 106 heavy (non-hydrogen) atoms. The quantitative estimate of drug-likeness (QED) is 0.0307. The number of ether oxygens (including phenoxy) is 10. The molecule has 5 aliphatic rings. The van der Waals surface area contributed by atoms with E-state index < -0.39 is 211 Å². The maximum atomic E-state index is 13.5. The summed E-state index contributed by atoms with van der Waals surface area (Å²) in [6, 6.07) is -2.62. The van der Waals surface area contributed by atoms with E-state index in [2.05, 4.69) is 24.5 Å². The number of nitrogens with one attached hydrogen (secondary N) is 2. The monoisotopic (exact) mass is 1530 g/mol. The number of hydrogen-bond donors (Lipinski definition) is 18. The third-order valence-electron chi connectivity index (χ3n) is 21.2. The van der Waals surface area contributed by atoms with Crippen molar-refractivity contribution in [2.45, 2.75) is 418 Å². The first-order valence-electron chi connectivity index (χ1n) is 40.5. The second-order valence-electron chi connectivity index (χ2n) is 29.9. The van der Waals surface area contributed by atoms with Gasteiger partial charge in [-0.1, -0.05) is 231 Å². The number of aliphatic hydroxyl groups excluding tert-OH is 16. The van der Waals surface area contributed by atoms with E-state index in [4.69, 9.17) is 47.4 Å². The minimum atomic E-state index is -2.23. The van der Waals surface area contributed by atoms with Gasteiger partial charge in [-0.05, 0) is 19.3 Å². The number of unbranched alkanes of at least 4 members (excludes halogenated alkanes) is 33. The third kappa shape index (κ3) is 31.5. The molecule has 0 aliphatic carbocycles. The van der Waals surface area contributed by atoms with Crippen molar-refractivity contribution in [1.82, 2.24) is 10.6 Å². The Labute approximate surface area is 628 Å². The van der Waals surface area contributed by atoms with Gasteiger partial charge < -0.3 is 140 Å². The lowest BCUT2D eigenvalue weighted by molar-refractivity contribution is -0.394. The highest BCUT2D eigenvalue weighted by molar-refractivity contribution is 5.76. The van der Waals surface area contributed by atoms with Crippen LogP contribution in [0, 0.1) is 0 Å². The zero-order valence-corrected chi connectivity index (χ0v) is 63.5. The van der Waals surface area contributed by atoms with Gasteiger partial charge in [0.1, 0.15) is 122 Å². The highest BCUT2D eigenvalue weighted by Gasteiger charge is 2.57. The van der Waals surface area contributed by atoms with Crippen molar-refractivity contribution in [2.75, 3.05) is 39.6 Å². The van der Waals surface area contributed by atoms with Gasteiger partial charge in [-0.2, -0.15) is 0 Å². The fraction of sp³-hybridized carbons (Fsp3) is 0.947. The molecule has 5 rings (SSSR count). The summed E-state index contributed by atoms with van der Waals surface area (Å²) in [7, 11) is 0. The first-order valence-corrected chi connectivity index (χ1v) is 40.5. The Kier molecular flexibility index (Phi) is 47.7. The number of aliphatic hydroxyl groups is 16. The van der Waals surface area contributed by atoms with Crippen LogP contribution in [-0.2, 0) is 57.0 Å². The van der Waals surface area contributed by atoms with Gasteiger partial charge in [0.25, 0.3) is 0 Å². The minimum Gasteiger partial charge on any atom is -0.394 e. The molecule has 0 radical (unpaired) electrons. The van der Waals surface area contributed by atoms with E-state index in [9.17, 15) is 91.3 Å². The van der Waals surface area contributed by atoms with Crippen molar-refractivity contribution >= 4 is 11.8 Å². The molecule has 5 fully saturated rings. The lowest BCUT2D eigenvalue weighted by Gasteiger charge is -2.50. The van der Waals surface area contributed by atoms with E-state index in [1.165, 1.54) is 161 Å². The molecule has 0 aromatic carbocycles. The van der Waals surface area contributed by atoms with E-state index in [1.54, 1.807) is 6.08 Å². The second kappa shape index (κ2) is 53.6. The summed E-state index contributed by atoms with van der Waals surface area (Å²) in [5, 5.41) is 183. The largest absolute Gasteiger partial charge is 0.394 e. The predicted octanol–water partition coefficient (Wildman–Crippen LogP) is 2.73. The summed E-state index contributed by atoms with van der Waals surface area (Å²) in [6.07, 6.45) is -0.810. The molecule has 30 nitrogen and oxygen atoms in total. The number of allylic oxidation sites excluding steroid dienone is 1. The van der Waals surface area contributed by atoms with Crippen LogP contribution in [0.3, 0.4) is 0 Å². The Balaban J connectivity index is 1.15. The molecule has 622 valence electrons.